The normalized spacial score (nSPS) is 18.6. The van der Waals surface area contributed by atoms with Gasteiger partial charge >= 0.3 is 6.09 Å². The van der Waals surface area contributed by atoms with E-state index in [9.17, 15) is 14.0 Å². The molecule has 1 aliphatic heterocycles. The number of ether oxygens (including phenoxy) is 2. The van der Waals surface area contributed by atoms with E-state index >= 15 is 0 Å². The Hall–Kier alpha value is -1.95. The summed E-state index contributed by atoms with van der Waals surface area (Å²) in [7, 11) is 0. The van der Waals surface area contributed by atoms with Crippen LogP contribution in [0.3, 0.4) is 0 Å². The SMILES string of the molecule is CC(C)(C)OC(=O)N1CCOCC1CC(=O)c1ccc(F)cc1. The zero-order chi connectivity index (χ0) is 17.0. The molecule has 1 heterocycles. The first-order valence-corrected chi connectivity index (χ1v) is 7.62. The van der Waals surface area contributed by atoms with Crippen molar-refractivity contribution in [3.05, 3.63) is 35.6 Å². The molecule has 0 aliphatic carbocycles. The first-order chi connectivity index (χ1) is 10.8. The molecule has 0 spiro atoms. The average Bonchev–Trinajstić information content (AvgIpc) is 2.46. The smallest absolute Gasteiger partial charge is 0.410 e. The predicted octanol–water partition coefficient (Wildman–Crippen LogP) is 3.03. The van der Waals surface area contributed by atoms with Crippen molar-refractivity contribution in [2.75, 3.05) is 19.8 Å². The highest BCUT2D eigenvalue weighted by Crippen LogP contribution is 2.18. The molecule has 126 valence electrons. The van der Waals surface area contributed by atoms with Gasteiger partial charge in [-0.05, 0) is 45.0 Å². The molecule has 1 fully saturated rings. The maximum atomic E-state index is 12.9. The highest BCUT2D eigenvalue weighted by molar-refractivity contribution is 5.96. The van der Waals surface area contributed by atoms with Crippen molar-refractivity contribution in [3.8, 4) is 0 Å². The van der Waals surface area contributed by atoms with Gasteiger partial charge in [-0.3, -0.25) is 4.79 Å². The molecule has 0 N–H and O–H groups in total. The Morgan fingerprint density at radius 3 is 2.57 bits per heavy atom. The van der Waals surface area contributed by atoms with Gasteiger partial charge in [-0.1, -0.05) is 0 Å². The maximum Gasteiger partial charge on any atom is 0.410 e. The van der Waals surface area contributed by atoms with Crippen LogP contribution in [-0.2, 0) is 9.47 Å². The Labute approximate surface area is 135 Å². The van der Waals surface area contributed by atoms with Crippen molar-refractivity contribution < 1.29 is 23.5 Å². The van der Waals surface area contributed by atoms with Crippen LogP contribution in [-0.4, -0.2) is 48.2 Å². The zero-order valence-electron chi connectivity index (χ0n) is 13.7. The van der Waals surface area contributed by atoms with Crippen LogP contribution in [0.15, 0.2) is 24.3 Å². The molecule has 5 nitrogen and oxygen atoms in total. The van der Waals surface area contributed by atoms with Gasteiger partial charge in [0.2, 0.25) is 0 Å². The summed E-state index contributed by atoms with van der Waals surface area (Å²) in [6, 6.07) is 5.00. The summed E-state index contributed by atoms with van der Waals surface area (Å²) < 4.78 is 23.7. The Morgan fingerprint density at radius 2 is 1.96 bits per heavy atom. The number of carbonyl (C=O) groups excluding carboxylic acids is 2. The van der Waals surface area contributed by atoms with Crippen molar-refractivity contribution in [1.82, 2.24) is 4.90 Å². The fourth-order valence-corrected chi connectivity index (χ4v) is 2.35. The van der Waals surface area contributed by atoms with Gasteiger partial charge in [0.25, 0.3) is 0 Å². The highest BCUT2D eigenvalue weighted by atomic mass is 19.1. The number of ketones is 1. The second-order valence-electron chi connectivity index (χ2n) is 6.54. The van der Waals surface area contributed by atoms with E-state index < -0.39 is 17.5 Å². The molecule has 0 radical (unpaired) electrons. The summed E-state index contributed by atoms with van der Waals surface area (Å²) in [5.74, 6) is -0.549. The Kier molecular flexibility index (Phi) is 5.36. The van der Waals surface area contributed by atoms with E-state index in [4.69, 9.17) is 9.47 Å². The van der Waals surface area contributed by atoms with E-state index in [1.54, 1.807) is 20.8 Å². The van der Waals surface area contributed by atoms with Gasteiger partial charge < -0.3 is 14.4 Å². The van der Waals surface area contributed by atoms with E-state index in [0.717, 1.165) is 0 Å². The number of rotatable bonds is 3. The minimum Gasteiger partial charge on any atom is -0.444 e. The van der Waals surface area contributed by atoms with Crippen LogP contribution in [0.2, 0.25) is 0 Å². The van der Waals surface area contributed by atoms with E-state index in [0.29, 0.717) is 18.7 Å². The van der Waals surface area contributed by atoms with Gasteiger partial charge in [0, 0.05) is 18.5 Å². The first kappa shape index (κ1) is 17.4. The van der Waals surface area contributed by atoms with Gasteiger partial charge in [0.1, 0.15) is 11.4 Å². The van der Waals surface area contributed by atoms with Crippen LogP contribution in [0.1, 0.15) is 37.6 Å². The standard InChI is InChI=1S/C17H22FNO4/c1-17(2,3)23-16(21)19-8-9-22-11-14(19)10-15(20)12-4-6-13(18)7-5-12/h4-7,14H,8-11H2,1-3H3. The molecular weight excluding hydrogens is 301 g/mol. The fourth-order valence-electron chi connectivity index (χ4n) is 2.35. The molecule has 1 saturated heterocycles. The molecule has 6 heteroatoms. The zero-order valence-corrected chi connectivity index (χ0v) is 13.7. The lowest BCUT2D eigenvalue weighted by Gasteiger charge is -2.36. The Balaban J connectivity index is 2.04. The number of nitrogens with zero attached hydrogens (tertiary/aromatic N) is 1. The van der Waals surface area contributed by atoms with Gasteiger partial charge in [-0.2, -0.15) is 0 Å². The molecule has 0 aromatic heterocycles. The van der Waals surface area contributed by atoms with Gasteiger partial charge in [-0.25, -0.2) is 9.18 Å². The van der Waals surface area contributed by atoms with Crippen LogP contribution in [0.5, 0.6) is 0 Å². The lowest BCUT2D eigenvalue weighted by atomic mass is 10.0. The molecular formula is C17H22FNO4. The summed E-state index contributed by atoms with van der Waals surface area (Å²) in [5.41, 5.74) is -0.179. The largest absolute Gasteiger partial charge is 0.444 e. The summed E-state index contributed by atoms with van der Waals surface area (Å²) in [6.45, 7) is 6.47. The molecule has 0 saturated carbocycles. The van der Waals surface area contributed by atoms with Crippen molar-refractivity contribution in [3.63, 3.8) is 0 Å². The van der Waals surface area contributed by atoms with Crippen LogP contribution in [0.25, 0.3) is 0 Å². The summed E-state index contributed by atoms with van der Waals surface area (Å²) in [6.07, 6.45) is -0.331. The summed E-state index contributed by atoms with van der Waals surface area (Å²) in [4.78, 5) is 26.1. The number of halogens is 1. The monoisotopic (exact) mass is 323 g/mol. The maximum absolute atomic E-state index is 12.9. The first-order valence-electron chi connectivity index (χ1n) is 7.62. The Morgan fingerprint density at radius 1 is 1.30 bits per heavy atom. The third kappa shape index (κ3) is 5.03. The van der Waals surface area contributed by atoms with E-state index in [1.807, 2.05) is 0 Å². The number of hydrogen-bond acceptors (Lipinski definition) is 4. The van der Waals surface area contributed by atoms with Crippen molar-refractivity contribution >= 4 is 11.9 Å². The average molecular weight is 323 g/mol. The lowest BCUT2D eigenvalue weighted by Crippen LogP contribution is -2.51. The number of Topliss-reactive ketones (excluding diaryl/α,β-unsaturated/α-hetero) is 1. The number of carbonyl (C=O) groups is 2. The molecule has 1 aromatic carbocycles. The molecule has 0 bridgehead atoms. The molecule has 1 aliphatic rings. The minimum atomic E-state index is -0.596. The van der Waals surface area contributed by atoms with Crippen molar-refractivity contribution in [1.29, 1.82) is 0 Å². The molecule has 2 rings (SSSR count). The number of amides is 1. The van der Waals surface area contributed by atoms with E-state index in [-0.39, 0.29) is 24.9 Å². The number of morpholine rings is 1. The quantitative estimate of drug-likeness (QED) is 0.802. The molecule has 23 heavy (non-hydrogen) atoms. The molecule has 1 atom stereocenters. The van der Waals surface area contributed by atoms with Crippen LogP contribution in [0, 0.1) is 5.82 Å². The predicted molar refractivity (Wildman–Crippen MR) is 82.9 cm³/mol. The second-order valence-corrected chi connectivity index (χ2v) is 6.54. The van der Waals surface area contributed by atoms with Crippen molar-refractivity contribution in [2.24, 2.45) is 0 Å². The van der Waals surface area contributed by atoms with Crippen LogP contribution in [0.4, 0.5) is 9.18 Å². The second kappa shape index (κ2) is 7.08. The molecule has 1 aromatic rings. The fraction of sp³-hybridized carbons (Fsp3) is 0.529. The summed E-state index contributed by atoms with van der Waals surface area (Å²) in [5, 5.41) is 0. The highest BCUT2D eigenvalue weighted by Gasteiger charge is 2.32. The summed E-state index contributed by atoms with van der Waals surface area (Å²) >= 11 is 0. The third-order valence-corrected chi connectivity index (χ3v) is 3.44. The van der Waals surface area contributed by atoms with Crippen LogP contribution < -0.4 is 0 Å². The van der Waals surface area contributed by atoms with Gasteiger partial charge in [0.05, 0.1) is 19.3 Å². The third-order valence-electron chi connectivity index (χ3n) is 3.44. The number of hydrogen-bond donors (Lipinski definition) is 0. The number of benzene rings is 1. The van der Waals surface area contributed by atoms with E-state index in [2.05, 4.69) is 0 Å². The molecule has 1 amide bonds. The topological polar surface area (TPSA) is 55.8 Å². The van der Waals surface area contributed by atoms with E-state index in [1.165, 1.54) is 29.2 Å². The molecule has 1 unspecified atom stereocenters. The van der Waals surface area contributed by atoms with Crippen molar-refractivity contribution in [2.45, 2.75) is 38.8 Å². The van der Waals surface area contributed by atoms with Crippen LogP contribution >= 0.6 is 0 Å². The van der Waals surface area contributed by atoms with Gasteiger partial charge in [0.15, 0.2) is 5.78 Å². The Bertz CT molecular complexity index is 565. The van der Waals surface area contributed by atoms with Gasteiger partial charge in [-0.15, -0.1) is 0 Å². The lowest BCUT2D eigenvalue weighted by molar-refractivity contribution is -0.0322. The minimum absolute atomic E-state index is 0.116.